The largest absolute Gasteiger partial charge is 0.494 e. The molecule has 2 amide bonds. The van der Waals surface area contributed by atoms with Crippen LogP contribution in [0.15, 0.2) is 59.7 Å². The lowest BCUT2D eigenvalue weighted by Crippen LogP contribution is -2.31. The first-order valence-corrected chi connectivity index (χ1v) is 14.9. The molecule has 0 aliphatic heterocycles. The van der Waals surface area contributed by atoms with E-state index in [0.29, 0.717) is 28.5 Å². The fraction of sp³-hybridized carbons (Fsp3) is 0.300. The van der Waals surface area contributed by atoms with Gasteiger partial charge in [-0.1, -0.05) is 18.2 Å². The molecule has 1 aliphatic rings. The Morgan fingerprint density at radius 2 is 1.89 bits per heavy atom. The number of para-hydroxylation sites is 1. The molecular formula is C30H31N8O7P. The van der Waals surface area contributed by atoms with E-state index in [1.807, 2.05) is 0 Å². The van der Waals surface area contributed by atoms with Gasteiger partial charge < -0.3 is 19.7 Å². The van der Waals surface area contributed by atoms with E-state index in [4.69, 9.17) is 14.0 Å². The van der Waals surface area contributed by atoms with Gasteiger partial charge in [-0.05, 0) is 47.9 Å². The van der Waals surface area contributed by atoms with Crippen LogP contribution < -0.4 is 20.4 Å². The molecule has 238 valence electrons. The van der Waals surface area contributed by atoms with Crippen molar-refractivity contribution in [3.63, 3.8) is 0 Å². The molecule has 5 rings (SSSR count). The molecule has 2 aromatic carbocycles. The molecule has 0 bridgehead atoms. The van der Waals surface area contributed by atoms with Gasteiger partial charge in [0.1, 0.15) is 5.49 Å². The second kappa shape index (κ2) is 14.2. The fourth-order valence-electron chi connectivity index (χ4n) is 4.64. The molecule has 15 nitrogen and oxygen atoms in total. The van der Waals surface area contributed by atoms with Gasteiger partial charge in [-0.25, -0.2) is 9.36 Å². The van der Waals surface area contributed by atoms with Gasteiger partial charge in [0.25, 0.3) is 11.8 Å². The van der Waals surface area contributed by atoms with Gasteiger partial charge in [0.05, 0.1) is 48.8 Å². The maximum Gasteiger partial charge on any atom is 0.339 e. The smallest absolute Gasteiger partial charge is 0.339 e. The van der Waals surface area contributed by atoms with Crippen LogP contribution in [0.4, 0.5) is 11.4 Å². The zero-order chi connectivity index (χ0) is 32.8. The van der Waals surface area contributed by atoms with Crippen LogP contribution in [0, 0.1) is 5.92 Å². The molecule has 0 spiro atoms. The van der Waals surface area contributed by atoms with Crippen molar-refractivity contribution in [1.29, 1.82) is 0 Å². The summed E-state index contributed by atoms with van der Waals surface area (Å²) in [6, 6.07) is 13.4. The summed E-state index contributed by atoms with van der Waals surface area (Å²) in [5.74, 6) is -0.749. The van der Waals surface area contributed by atoms with Gasteiger partial charge in [0.15, 0.2) is 12.5 Å². The molecule has 46 heavy (non-hydrogen) atoms. The highest BCUT2D eigenvalue weighted by atomic mass is 31.1. The molecule has 0 atom stereocenters. The molecule has 2 aromatic heterocycles. The van der Waals surface area contributed by atoms with Crippen molar-refractivity contribution in [3.05, 3.63) is 76.9 Å². The lowest BCUT2D eigenvalue weighted by Gasteiger charge is -2.25. The number of esters is 1. The molecule has 1 N–H and O–H groups in total. The molecule has 0 radical (unpaired) electrons. The number of hydrogen-bond acceptors (Lipinski definition) is 11. The summed E-state index contributed by atoms with van der Waals surface area (Å²) in [4.78, 5) is 46.5. The number of hydrogen-bond donors (Lipinski definition) is 1. The lowest BCUT2D eigenvalue weighted by atomic mass is 10.1. The van der Waals surface area contributed by atoms with E-state index in [1.54, 1.807) is 67.5 Å². The second-order valence-electron chi connectivity index (χ2n) is 10.3. The van der Waals surface area contributed by atoms with Crippen molar-refractivity contribution >= 4 is 37.8 Å². The van der Waals surface area contributed by atoms with Gasteiger partial charge in [0.2, 0.25) is 5.82 Å². The topological polar surface area (TPSA) is 172 Å². The number of aromatic nitrogens is 5. The van der Waals surface area contributed by atoms with Crippen LogP contribution in [0.2, 0.25) is 0 Å². The number of rotatable bonds is 12. The number of pyridine rings is 1. The summed E-state index contributed by atoms with van der Waals surface area (Å²) in [5, 5.41) is 15.0. The zero-order valence-electron chi connectivity index (χ0n) is 25.5. The average Bonchev–Trinajstić information content (AvgIpc) is 3.85. The van der Waals surface area contributed by atoms with Crippen LogP contribution in [0.25, 0.3) is 11.4 Å². The Hall–Kier alpha value is -5.27. The van der Waals surface area contributed by atoms with E-state index in [2.05, 4.69) is 25.7 Å². The molecule has 1 saturated carbocycles. The van der Waals surface area contributed by atoms with Gasteiger partial charge in [0, 0.05) is 32.3 Å². The van der Waals surface area contributed by atoms with Crippen molar-refractivity contribution in [2.75, 3.05) is 26.1 Å². The molecule has 1 fully saturated rings. The Labute approximate surface area is 265 Å². The summed E-state index contributed by atoms with van der Waals surface area (Å²) >= 11 is 0. The standard InChI is InChI=1S/C30H31N8O7P/c1-31-29(40)22-15-38(17-44-30(41)20-10-8-18(9-11-20)16-45-46-42)25(32-28(39)19-12-13-19)14-24(22)36(2)23-7-5-6-21(26(23)43-4)27-33-35-37(3)34-27/h5-11,14-15,19H,12-13,16-17H2,1-4H3,(H,31,40)/b32-25+. The number of nitrogens with zero attached hydrogens (tertiary/aromatic N) is 7. The molecule has 0 unspecified atom stereocenters. The molecule has 1 aliphatic carbocycles. The second-order valence-corrected chi connectivity index (χ2v) is 10.7. The Morgan fingerprint density at radius 3 is 2.52 bits per heavy atom. The van der Waals surface area contributed by atoms with Crippen LogP contribution in [0.5, 0.6) is 5.75 Å². The molecule has 0 saturated heterocycles. The predicted octanol–water partition coefficient (Wildman–Crippen LogP) is 3.19. The Kier molecular flexibility index (Phi) is 9.94. The number of methoxy groups -OCH3 is 1. The summed E-state index contributed by atoms with van der Waals surface area (Å²) < 4.78 is 28.2. The number of tetrazole rings is 1. The van der Waals surface area contributed by atoms with E-state index < -0.39 is 20.6 Å². The fourth-order valence-corrected chi connectivity index (χ4v) is 4.84. The average molecular weight is 647 g/mol. The third kappa shape index (κ3) is 7.16. The Morgan fingerprint density at radius 1 is 1.13 bits per heavy atom. The number of benzene rings is 2. The maximum absolute atomic E-state index is 13.2. The minimum atomic E-state index is -0.636. The number of amides is 2. The first kappa shape index (κ1) is 32.1. The molecule has 4 aromatic rings. The minimum absolute atomic E-state index is 0.118. The molecular weight excluding hydrogens is 615 g/mol. The first-order valence-electron chi connectivity index (χ1n) is 14.1. The van der Waals surface area contributed by atoms with Gasteiger partial charge >= 0.3 is 14.7 Å². The molecule has 16 heteroatoms. The van der Waals surface area contributed by atoms with Crippen molar-refractivity contribution in [2.24, 2.45) is 18.0 Å². The number of aryl methyl sites for hydroxylation is 1. The predicted molar refractivity (Wildman–Crippen MR) is 164 cm³/mol. The van der Waals surface area contributed by atoms with E-state index in [1.165, 1.54) is 29.7 Å². The van der Waals surface area contributed by atoms with Gasteiger partial charge in [-0.2, -0.15) is 9.79 Å². The summed E-state index contributed by atoms with van der Waals surface area (Å²) in [6.07, 6.45) is 2.98. The van der Waals surface area contributed by atoms with Gasteiger partial charge in [-0.3, -0.25) is 18.7 Å². The number of anilines is 2. The van der Waals surface area contributed by atoms with E-state index in [9.17, 15) is 18.9 Å². The van der Waals surface area contributed by atoms with E-state index in [0.717, 1.165) is 18.4 Å². The third-order valence-corrected chi connectivity index (χ3v) is 7.46. The number of ether oxygens (including phenoxy) is 2. The zero-order valence-corrected chi connectivity index (χ0v) is 26.4. The summed E-state index contributed by atoms with van der Waals surface area (Å²) in [5.41, 5.74) is 2.95. The lowest BCUT2D eigenvalue weighted by molar-refractivity contribution is -0.119. The number of carbonyl (C=O) groups is 3. The SMILES string of the molecule is CNC(=O)c1cn(COC(=O)c2ccc(COP=O)cc2)/c(=N/C(=O)C2CC2)cc1N(C)c1cccc(-c2nnn(C)n2)c1OC. The van der Waals surface area contributed by atoms with E-state index in [-0.39, 0.29) is 41.8 Å². The monoisotopic (exact) mass is 646 g/mol. The van der Waals surface area contributed by atoms with Crippen molar-refractivity contribution in [3.8, 4) is 17.1 Å². The highest BCUT2D eigenvalue weighted by molar-refractivity contribution is 7.17. The van der Waals surface area contributed by atoms with Gasteiger partial charge in [-0.15, -0.1) is 10.2 Å². The van der Waals surface area contributed by atoms with Crippen LogP contribution in [0.3, 0.4) is 0 Å². The number of carbonyl (C=O) groups excluding carboxylic acids is 3. The summed E-state index contributed by atoms with van der Waals surface area (Å²) in [7, 11) is 5.98. The summed E-state index contributed by atoms with van der Waals surface area (Å²) in [6.45, 7) is -0.215. The van der Waals surface area contributed by atoms with Crippen LogP contribution >= 0.6 is 8.69 Å². The van der Waals surface area contributed by atoms with Crippen molar-refractivity contribution in [2.45, 2.75) is 26.2 Å². The van der Waals surface area contributed by atoms with Crippen LogP contribution in [-0.4, -0.2) is 63.8 Å². The number of nitrogens with one attached hydrogen (secondary N) is 1. The Balaban J connectivity index is 1.54. The highest BCUT2D eigenvalue weighted by Gasteiger charge is 2.30. The Bertz CT molecular complexity index is 1850. The van der Waals surface area contributed by atoms with Crippen LogP contribution in [0.1, 0.15) is 39.1 Å². The van der Waals surface area contributed by atoms with E-state index >= 15 is 0 Å². The normalized spacial score (nSPS) is 13.0. The third-order valence-electron chi connectivity index (χ3n) is 7.22. The molecule has 2 heterocycles. The highest BCUT2D eigenvalue weighted by Crippen LogP contribution is 2.40. The van der Waals surface area contributed by atoms with Crippen LogP contribution in [-0.2, 0) is 39.0 Å². The van der Waals surface area contributed by atoms with Crippen molar-refractivity contribution < 1.29 is 32.9 Å². The van der Waals surface area contributed by atoms with Crippen molar-refractivity contribution in [1.82, 2.24) is 30.1 Å². The first-order chi connectivity index (χ1) is 22.2. The minimum Gasteiger partial charge on any atom is -0.494 e. The maximum atomic E-state index is 13.2. The quantitative estimate of drug-likeness (QED) is 0.177.